The van der Waals surface area contributed by atoms with Crippen LogP contribution < -0.4 is 0 Å². The highest BCUT2D eigenvalue weighted by atomic mass is 16.4. The number of aliphatic carboxylic acids is 1. The molecule has 1 aromatic heterocycles. The van der Waals surface area contributed by atoms with E-state index in [1.165, 1.54) is 27.8 Å². The largest absolute Gasteiger partial charge is 0.480 e. The van der Waals surface area contributed by atoms with Crippen LogP contribution in [0.4, 0.5) is 0 Å². The molecule has 0 unspecified atom stereocenters. The van der Waals surface area contributed by atoms with Crippen molar-refractivity contribution < 1.29 is 9.90 Å². The minimum absolute atomic E-state index is 0.278. The van der Waals surface area contributed by atoms with Gasteiger partial charge in [0.1, 0.15) is 6.04 Å². The van der Waals surface area contributed by atoms with E-state index >= 15 is 0 Å². The Kier molecular flexibility index (Phi) is 9.25. The third kappa shape index (κ3) is 7.07. The molecule has 3 heterocycles. The van der Waals surface area contributed by atoms with Gasteiger partial charge >= 0.3 is 5.97 Å². The summed E-state index contributed by atoms with van der Waals surface area (Å²) in [5, 5.41) is 10.3. The molecule has 5 heteroatoms. The molecular formula is C36H47N3O2. The van der Waals surface area contributed by atoms with Crippen LogP contribution in [0, 0.1) is 18.3 Å². The number of pyridine rings is 1. The number of carboxylic acid groups (broad SMARTS) is 1. The number of aryl methyl sites for hydroxylation is 1. The average Bonchev–Trinajstić information content (AvgIpc) is 3.36. The second kappa shape index (κ2) is 12.9. The zero-order chi connectivity index (χ0) is 29.0. The van der Waals surface area contributed by atoms with Gasteiger partial charge in [-0.2, -0.15) is 0 Å². The number of nitrogens with zero attached hydrogens (tertiary/aromatic N) is 3. The number of rotatable bonds is 10. The second-order valence-electron chi connectivity index (χ2n) is 13.2. The van der Waals surface area contributed by atoms with Crippen LogP contribution in [0.2, 0.25) is 0 Å². The molecule has 0 amide bonds. The molecular weight excluding hydrogens is 506 g/mol. The molecule has 2 aliphatic rings. The highest BCUT2D eigenvalue weighted by Crippen LogP contribution is 2.40. The first-order valence-electron chi connectivity index (χ1n) is 15.5. The van der Waals surface area contributed by atoms with Gasteiger partial charge in [-0.25, -0.2) is 0 Å². The summed E-state index contributed by atoms with van der Waals surface area (Å²) < 4.78 is 0. The Morgan fingerprint density at radius 3 is 2.41 bits per heavy atom. The minimum Gasteiger partial charge on any atom is -0.480 e. The lowest BCUT2D eigenvalue weighted by molar-refractivity contribution is -0.147. The van der Waals surface area contributed by atoms with Gasteiger partial charge in [-0.15, -0.1) is 0 Å². The number of benzene rings is 2. The van der Waals surface area contributed by atoms with Gasteiger partial charge in [0, 0.05) is 37.9 Å². The monoisotopic (exact) mass is 553 g/mol. The first-order chi connectivity index (χ1) is 19.7. The Labute approximate surface area is 246 Å². The van der Waals surface area contributed by atoms with E-state index in [1.54, 1.807) is 0 Å². The molecule has 2 aliphatic heterocycles. The molecule has 0 saturated carbocycles. The van der Waals surface area contributed by atoms with Crippen LogP contribution in [0.25, 0.3) is 0 Å². The second-order valence-corrected chi connectivity index (χ2v) is 13.2. The van der Waals surface area contributed by atoms with E-state index in [4.69, 9.17) is 0 Å². The molecule has 0 aliphatic carbocycles. The number of piperidine rings is 1. The molecule has 2 saturated heterocycles. The first kappa shape index (κ1) is 29.5. The number of carboxylic acids is 1. The molecule has 1 N–H and O–H groups in total. The average molecular weight is 554 g/mol. The fourth-order valence-corrected chi connectivity index (χ4v) is 7.20. The van der Waals surface area contributed by atoms with Gasteiger partial charge in [0.05, 0.1) is 0 Å². The summed E-state index contributed by atoms with van der Waals surface area (Å²) in [7, 11) is 0. The van der Waals surface area contributed by atoms with Crippen molar-refractivity contribution in [3.63, 3.8) is 0 Å². The molecule has 0 spiro atoms. The quantitative estimate of drug-likeness (QED) is 0.300. The minimum atomic E-state index is -0.690. The highest BCUT2D eigenvalue weighted by molar-refractivity contribution is 5.74. The van der Waals surface area contributed by atoms with E-state index < -0.39 is 12.0 Å². The van der Waals surface area contributed by atoms with Crippen molar-refractivity contribution >= 4 is 5.97 Å². The summed E-state index contributed by atoms with van der Waals surface area (Å²) in [4.78, 5) is 22.0. The fraction of sp³-hybridized carbons (Fsp3) is 0.500. The summed E-state index contributed by atoms with van der Waals surface area (Å²) in [5.74, 6) is 0.619. The third-order valence-electron chi connectivity index (χ3n) is 9.81. The molecule has 41 heavy (non-hydrogen) atoms. The van der Waals surface area contributed by atoms with Crippen LogP contribution in [0.1, 0.15) is 79.7 Å². The van der Waals surface area contributed by atoms with Gasteiger partial charge in [-0.3, -0.25) is 14.7 Å². The number of aromatic nitrogens is 1. The standard InChI is InChI=1S/C36H47N3O2/c1-5-36(3,4)34(35(40)41)39-24-32(33(25-39)30-13-9-10-26(2)18-30)23-38-16-14-29(15-17-38)31-20-28(21-37-22-31)19-27-11-7-6-8-12-27/h6-13,18,20-22,29,32-34H,5,14-17,19,23-25H2,1-4H3,(H,40,41)/t32-,33+,34-/m0/s1. The van der Waals surface area contributed by atoms with Crippen LogP contribution in [0.15, 0.2) is 73.1 Å². The zero-order valence-corrected chi connectivity index (χ0v) is 25.3. The summed E-state index contributed by atoms with van der Waals surface area (Å²) in [5.41, 5.74) is 6.32. The lowest BCUT2D eigenvalue weighted by Gasteiger charge is -2.37. The first-order valence-corrected chi connectivity index (χ1v) is 15.5. The third-order valence-corrected chi connectivity index (χ3v) is 9.81. The molecule has 2 fully saturated rings. The number of hydrogen-bond donors (Lipinski definition) is 1. The molecule has 5 rings (SSSR count). The summed E-state index contributed by atoms with van der Waals surface area (Å²) >= 11 is 0. The van der Waals surface area contributed by atoms with Crippen LogP contribution in [-0.4, -0.2) is 64.6 Å². The maximum Gasteiger partial charge on any atom is 0.321 e. The van der Waals surface area contributed by atoms with Crippen molar-refractivity contribution in [2.45, 2.75) is 71.3 Å². The highest BCUT2D eigenvalue weighted by Gasteiger charge is 2.45. The van der Waals surface area contributed by atoms with Crippen LogP contribution in [-0.2, 0) is 11.2 Å². The topological polar surface area (TPSA) is 56.7 Å². The lowest BCUT2D eigenvalue weighted by Crippen LogP contribution is -2.49. The fourth-order valence-electron chi connectivity index (χ4n) is 7.20. The van der Waals surface area contributed by atoms with E-state index in [0.29, 0.717) is 17.8 Å². The van der Waals surface area contributed by atoms with E-state index in [2.05, 4.69) is 109 Å². The van der Waals surface area contributed by atoms with Gasteiger partial charge in [-0.1, -0.05) is 87.0 Å². The summed E-state index contributed by atoms with van der Waals surface area (Å²) in [6, 6.07) is 21.4. The van der Waals surface area contributed by atoms with E-state index in [9.17, 15) is 9.90 Å². The Morgan fingerprint density at radius 1 is 0.976 bits per heavy atom. The summed E-state index contributed by atoms with van der Waals surface area (Å²) in [6.07, 6.45) is 8.12. The predicted octanol–water partition coefficient (Wildman–Crippen LogP) is 6.77. The van der Waals surface area contributed by atoms with E-state index in [1.807, 2.05) is 6.20 Å². The van der Waals surface area contributed by atoms with Crippen LogP contribution in [0.5, 0.6) is 0 Å². The predicted molar refractivity (Wildman–Crippen MR) is 166 cm³/mol. The smallest absolute Gasteiger partial charge is 0.321 e. The van der Waals surface area contributed by atoms with Gasteiger partial charge in [0.25, 0.3) is 0 Å². The lowest BCUT2D eigenvalue weighted by atomic mass is 9.81. The van der Waals surface area contributed by atoms with Crippen molar-refractivity contribution in [2.24, 2.45) is 11.3 Å². The maximum absolute atomic E-state index is 12.5. The van der Waals surface area contributed by atoms with Crippen molar-refractivity contribution in [3.8, 4) is 0 Å². The normalized spacial score (nSPS) is 21.7. The van der Waals surface area contributed by atoms with Crippen LogP contribution >= 0.6 is 0 Å². The molecule has 3 atom stereocenters. The molecule has 5 nitrogen and oxygen atoms in total. The zero-order valence-electron chi connectivity index (χ0n) is 25.3. The molecule has 0 bridgehead atoms. The number of hydrogen-bond acceptors (Lipinski definition) is 4. The van der Waals surface area contributed by atoms with Crippen molar-refractivity contribution in [1.82, 2.24) is 14.8 Å². The molecule has 3 aromatic rings. The Balaban J connectivity index is 1.26. The van der Waals surface area contributed by atoms with Gasteiger partial charge < -0.3 is 10.0 Å². The van der Waals surface area contributed by atoms with Crippen molar-refractivity contribution in [2.75, 3.05) is 32.7 Å². The van der Waals surface area contributed by atoms with Gasteiger partial charge in [0.2, 0.25) is 0 Å². The number of likely N-dealkylation sites (tertiary alicyclic amines) is 2. The van der Waals surface area contributed by atoms with E-state index in [-0.39, 0.29) is 5.41 Å². The Hall–Kier alpha value is -3.02. The van der Waals surface area contributed by atoms with Crippen molar-refractivity contribution in [3.05, 3.63) is 101 Å². The number of carbonyl (C=O) groups is 1. The SMILES string of the molecule is CCC(C)(C)[C@H](C(=O)O)N1C[C@H](CN2CCC(c3cncc(Cc4ccccc4)c3)CC2)[C@@H](c2cccc(C)c2)C1. The molecule has 0 radical (unpaired) electrons. The van der Waals surface area contributed by atoms with Gasteiger partial charge in [0.15, 0.2) is 0 Å². The maximum atomic E-state index is 12.5. The molecule has 218 valence electrons. The van der Waals surface area contributed by atoms with Gasteiger partial charge in [-0.05, 0) is 85.2 Å². The van der Waals surface area contributed by atoms with Crippen molar-refractivity contribution in [1.29, 1.82) is 0 Å². The van der Waals surface area contributed by atoms with E-state index in [0.717, 1.165) is 58.4 Å². The molecule has 2 aromatic carbocycles. The summed E-state index contributed by atoms with van der Waals surface area (Å²) in [6.45, 7) is 13.3. The Bertz CT molecular complexity index is 1300. The Morgan fingerprint density at radius 2 is 1.73 bits per heavy atom. The van der Waals surface area contributed by atoms with Crippen LogP contribution in [0.3, 0.4) is 0 Å².